The first-order chi connectivity index (χ1) is 9.65. The van der Waals surface area contributed by atoms with Crippen molar-refractivity contribution >= 4 is 23.0 Å². The topological polar surface area (TPSA) is 92.3 Å². The lowest BCUT2D eigenvalue weighted by molar-refractivity contribution is -0.117. The van der Waals surface area contributed by atoms with Crippen LogP contribution in [0.3, 0.4) is 0 Å². The van der Waals surface area contributed by atoms with Gasteiger partial charge in [0.2, 0.25) is 11.6 Å². The second kappa shape index (κ2) is 5.85. The van der Waals surface area contributed by atoms with Crippen molar-refractivity contribution in [3.05, 3.63) is 23.8 Å². The smallest absolute Gasteiger partial charge is 0.237 e. The summed E-state index contributed by atoms with van der Waals surface area (Å²) < 4.78 is 0. The highest BCUT2D eigenvalue weighted by Crippen LogP contribution is 2.27. The highest BCUT2D eigenvalue weighted by molar-refractivity contribution is 6.10. The van der Waals surface area contributed by atoms with Gasteiger partial charge in [0.25, 0.3) is 0 Å². The van der Waals surface area contributed by atoms with E-state index >= 15 is 0 Å². The number of carbonyl (C=O) groups excluding carboxylic acids is 1. The van der Waals surface area contributed by atoms with E-state index in [0.29, 0.717) is 12.1 Å². The number of nitriles is 2. The zero-order chi connectivity index (χ0) is 14.5. The number of anilines is 2. The van der Waals surface area contributed by atoms with Gasteiger partial charge in [0.05, 0.1) is 5.69 Å². The summed E-state index contributed by atoms with van der Waals surface area (Å²) in [6.45, 7) is 2.66. The lowest BCUT2D eigenvalue weighted by atomic mass is 10.1. The minimum Gasteiger partial charge on any atom is -0.312 e. The number of nitrogens with one attached hydrogen (secondary N) is 1. The van der Waals surface area contributed by atoms with E-state index in [0.717, 1.165) is 24.2 Å². The van der Waals surface area contributed by atoms with Crippen molar-refractivity contribution in [2.45, 2.75) is 19.8 Å². The molecule has 6 heteroatoms. The zero-order valence-corrected chi connectivity index (χ0v) is 11.1. The van der Waals surface area contributed by atoms with Crippen LogP contribution in [0.4, 0.5) is 11.4 Å². The van der Waals surface area contributed by atoms with Gasteiger partial charge in [-0.3, -0.25) is 10.2 Å². The first-order valence-electron chi connectivity index (χ1n) is 6.20. The number of amides is 1. The minimum absolute atomic E-state index is 0.142. The molecular formula is C14H13N5O. The van der Waals surface area contributed by atoms with E-state index in [4.69, 9.17) is 10.5 Å². The highest BCUT2D eigenvalue weighted by atomic mass is 16.2. The summed E-state index contributed by atoms with van der Waals surface area (Å²) in [5.41, 5.74) is 4.92. The zero-order valence-electron chi connectivity index (χ0n) is 11.1. The molecule has 20 heavy (non-hydrogen) atoms. The first-order valence-corrected chi connectivity index (χ1v) is 6.20. The van der Waals surface area contributed by atoms with Crippen LogP contribution in [0.2, 0.25) is 0 Å². The summed E-state index contributed by atoms with van der Waals surface area (Å²) >= 11 is 0. The SMILES string of the molecule is Cc1cc(NN=C(C#N)C#N)ccc1N1CCCC1=O. The van der Waals surface area contributed by atoms with Crippen molar-refractivity contribution in [2.75, 3.05) is 16.9 Å². The van der Waals surface area contributed by atoms with Gasteiger partial charge in [-0.15, -0.1) is 0 Å². The predicted octanol–water partition coefficient (Wildman–Crippen LogP) is 1.94. The maximum atomic E-state index is 11.7. The molecule has 1 aromatic carbocycles. The van der Waals surface area contributed by atoms with E-state index in [9.17, 15) is 4.79 Å². The monoisotopic (exact) mass is 267 g/mol. The molecule has 100 valence electrons. The Bertz CT molecular complexity index is 635. The largest absolute Gasteiger partial charge is 0.312 e. The fourth-order valence-corrected chi connectivity index (χ4v) is 2.13. The second-order valence-electron chi connectivity index (χ2n) is 4.45. The van der Waals surface area contributed by atoms with Crippen molar-refractivity contribution in [2.24, 2.45) is 5.10 Å². The Morgan fingerprint density at radius 1 is 1.40 bits per heavy atom. The molecule has 1 aliphatic heterocycles. The fourth-order valence-electron chi connectivity index (χ4n) is 2.13. The molecule has 0 unspecified atom stereocenters. The van der Waals surface area contributed by atoms with Gasteiger partial charge < -0.3 is 4.90 Å². The fraction of sp³-hybridized carbons (Fsp3) is 0.286. The Kier molecular flexibility index (Phi) is 3.97. The maximum absolute atomic E-state index is 11.7. The lowest BCUT2D eigenvalue weighted by Gasteiger charge is -2.18. The maximum Gasteiger partial charge on any atom is 0.237 e. The van der Waals surface area contributed by atoms with Gasteiger partial charge in [0.1, 0.15) is 12.1 Å². The third-order valence-electron chi connectivity index (χ3n) is 3.07. The van der Waals surface area contributed by atoms with Gasteiger partial charge in [-0.25, -0.2) is 0 Å². The van der Waals surface area contributed by atoms with Crippen LogP contribution in [0.5, 0.6) is 0 Å². The lowest BCUT2D eigenvalue weighted by Crippen LogP contribution is -2.24. The van der Waals surface area contributed by atoms with Crippen molar-refractivity contribution in [3.63, 3.8) is 0 Å². The number of nitrogens with zero attached hydrogens (tertiary/aromatic N) is 4. The Balaban J connectivity index is 2.19. The molecule has 1 aliphatic rings. The van der Waals surface area contributed by atoms with E-state index in [1.807, 2.05) is 19.1 Å². The Hall–Kier alpha value is -2.86. The van der Waals surface area contributed by atoms with Gasteiger partial charge in [0, 0.05) is 18.7 Å². The van der Waals surface area contributed by atoms with Gasteiger partial charge >= 0.3 is 0 Å². The predicted molar refractivity (Wildman–Crippen MR) is 75.0 cm³/mol. The van der Waals surface area contributed by atoms with Gasteiger partial charge in [-0.05, 0) is 37.1 Å². The first kappa shape index (κ1) is 13.6. The van der Waals surface area contributed by atoms with E-state index in [-0.39, 0.29) is 11.6 Å². The standard InChI is InChI=1S/C14H13N5O/c1-10-7-11(17-18-12(8-15)9-16)4-5-13(10)19-6-2-3-14(19)20/h4-5,7,17H,2-3,6H2,1H3. The van der Waals surface area contributed by atoms with Crippen LogP contribution in [0, 0.1) is 29.6 Å². The number of rotatable bonds is 3. The molecule has 0 bridgehead atoms. The molecule has 0 atom stereocenters. The molecule has 1 saturated heterocycles. The van der Waals surface area contributed by atoms with Crippen molar-refractivity contribution in [1.82, 2.24) is 0 Å². The van der Waals surface area contributed by atoms with E-state index in [2.05, 4.69) is 10.5 Å². The van der Waals surface area contributed by atoms with Crippen LogP contribution in [-0.4, -0.2) is 18.2 Å². The molecule has 1 heterocycles. The number of hydrogen-bond acceptors (Lipinski definition) is 5. The van der Waals surface area contributed by atoms with Crippen LogP contribution in [0.25, 0.3) is 0 Å². The van der Waals surface area contributed by atoms with Crippen molar-refractivity contribution in [1.29, 1.82) is 10.5 Å². The van der Waals surface area contributed by atoms with Crippen LogP contribution < -0.4 is 10.3 Å². The Morgan fingerprint density at radius 3 is 2.70 bits per heavy atom. The summed E-state index contributed by atoms with van der Waals surface area (Å²) in [5, 5.41) is 20.9. The summed E-state index contributed by atoms with van der Waals surface area (Å²) in [7, 11) is 0. The second-order valence-corrected chi connectivity index (χ2v) is 4.45. The minimum atomic E-state index is -0.235. The number of hydrazone groups is 1. The summed E-state index contributed by atoms with van der Waals surface area (Å²) in [6.07, 6.45) is 1.48. The quantitative estimate of drug-likeness (QED) is 0.669. The molecule has 1 N–H and O–H groups in total. The molecule has 0 aromatic heterocycles. The van der Waals surface area contributed by atoms with Gasteiger partial charge in [0.15, 0.2) is 0 Å². The summed E-state index contributed by atoms with van der Waals surface area (Å²) in [6, 6.07) is 8.78. The molecule has 0 spiro atoms. The summed E-state index contributed by atoms with van der Waals surface area (Å²) in [4.78, 5) is 13.5. The molecular weight excluding hydrogens is 254 g/mol. The molecule has 0 saturated carbocycles. The Morgan fingerprint density at radius 2 is 2.15 bits per heavy atom. The third-order valence-corrected chi connectivity index (χ3v) is 3.07. The van der Waals surface area contributed by atoms with Crippen LogP contribution in [0.1, 0.15) is 18.4 Å². The number of hydrogen-bond donors (Lipinski definition) is 1. The average Bonchev–Trinajstić information content (AvgIpc) is 2.86. The molecule has 1 aromatic rings. The van der Waals surface area contributed by atoms with Crippen molar-refractivity contribution < 1.29 is 4.79 Å². The number of benzene rings is 1. The van der Waals surface area contributed by atoms with Gasteiger partial charge in [-0.2, -0.15) is 15.6 Å². The van der Waals surface area contributed by atoms with Crippen LogP contribution >= 0.6 is 0 Å². The Labute approximate surface area is 116 Å². The number of aryl methyl sites for hydroxylation is 1. The van der Waals surface area contributed by atoms with Gasteiger partial charge in [-0.1, -0.05) is 0 Å². The third kappa shape index (κ3) is 2.76. The van der Waals surface area contributed by atoms with Crippen molar-refractivity contribution in [3.8, 4) is 12.1 Å². The summed E-state index contributed by atoms with van der Waals surface area (Å²) in [5.74, 6) is 0.142. The molecule has 1 amide bonds. The highest BCUT2D eigenvalue weighted by Gasteiger charge is 2.22. The molecule has 0 radical (unpaired) electrons. The van der Waals surface area contributed by atoms with Crippen LogP contribution in [-0.2, 0) is 4.79 Å². The molecule has 2 rings (SSSR count). The van der Waals surface area contributed by atoms with E-state index in [1.54, 1.807) is 23.1 Å². The molecule has 0 aliphatic carbocycles. The normalized spacial score (nSPS) is 13.6. The number of carbonyl (C=O) groups is 1. The van der Waals surface area contributed by atoms with E-state index < -0.39 is 0 Å². The van der Waals surface area contributed by atoms with E-state index in [1.165, 1.54) is 0 Å². The average molecular weight is 267 g/mol. The van der Waals surface area contributed by atoms with Crippen LogP contribution in [0.15, 0.2) is 23.3 Å². The molecule has 1 fully saturated rings. The molecule has 6 nitrogen and oxygen atoms in total.